The fourth-order valence-corrected chi connectivity index (χ4v) is 5.39. The Morgan fingerprint density at radius 2 is 1.97 bits per heavy atom. The lowest BCUT2D eigenvalue weighted by atomic mass is 9.96. The van der Waals surface area contributed by atoms with Crippen molar-refractivity contribution in [3.8, 4) is 16.4 Å². The molecule has 0 saturated carbocycles. The van der Waals surface area contributed by atoms with Gasteiger partial charge in [0.05, 0.1) is 17.3 Å². The van der Waals surface area contributed by atoms with Crippen LogP contribution in [0.1, 0.15) is 23.4 Å². The number of nitrogens with one attached hydrogen (secondary N) is 1. The maximum Gasteiger partial charge on any atom is 0.223 e. The van der Waals surface area contributed by atoms with Gasteiger partial charge in [-0.3, -0.25) is 4.79 Å². The molecule has 4 heterocycles. The van der Waals surface area contributed by atoms with Crippen LogP contribution in [-0.4, -0.2) is 43.7 Å². The van der Waals surface area contributed by atoms with Gasteiger partial charge in [0.2, 0.25) is 5.91 Å². The molecule has 1 aliphatic rings. The highest BCUT2D eigenvalue weighted by Crippen LogP contribution is 2.32. The van der Waals surface area contributed by atoms with Crippen molar-refractivity contribution in [2.45, 2.75) is 26.3 Å². The summed E-state index contributed by atoms with van der Waals surface area (Å²) in [6.45, 7) is 3.98. The molecule has 1 fully saturated rings. The van der Waals surface area contributed by atoms with Crippen molar-refractivity contribution in [1.82, 2.24) is 30.0 Å². The largest absolute Gasteiger partial charge is 0.356 e. The second-order valence-electron chi connectivity index (χ2n) is 8.17. The van der Waals surface area contributed by atoms with Crippen LogP contribution in [0.5, 0.6) is 0 Å². The lowest BCUT2D eigenvalue weighted by Gasteiger charge is -2.32. The number of hydrogen-bond donors (Lipinski definition) is 1. The van der Waals surface area contributed by atoms with Crippen molar-refractivity contribution in [2.75, 3.05) is 18.0 Å². The van der Waals surface area contributed by atoms with Crippen LogP contribution in [0.3, 0.4) is 0 Å². The number of aromatic nitrogens is 5. The van der Waals surface area contributed by atoms with Gasteiger partial charge in [0, 0.05) is 47.9 Å². The first-order valence-corrected chi connectivity index (χ1v) is 12.3. The van der Waals surface area contributed by atoms with Crippen LogP contribution in [0.4, 0.5) is 5.82 Å². The maximum absolute atomic E-state index is 12.9. The maximum atomic E-state index is 12.9. The molecule has 0 radical (unpaired) electrons. The molecule has 8 nitrogen and oxygen atoms in total. The van der Waals surface area contributed by atoms with E-state index < -0.39 is 0 Å². The number of halogens is 1. The summed E-state index contributed by atoms with van der Waals surface area (Å²) in [4.78, 5) is 29.5. The van der Waals surface area contributed by atoms with Crippen molar-refractivity contribution >= 4 is 34.7 Å². The predicted octanol–water partition coefficient (Wildman–Crippen LogP) is 4.28. The number of amides is 1. The van der Waals surface area contributed by atoms with Gasteiger partial charge in [0.1, 0.15) is 17.2 Å². The molecule has 1 N–H and O–H groups in total. The van der Waals surface area contributed by atoms with E-state index in [4.69, 9.17) is 11.6 Å². The fourth-order valence-electron chi connectivity index (χ4n) is 4.06. The first-order chi connectivity index (χ1) is 16.6. The molecule has 174 valence electrons. The molecule has 1 aliphatic heterocycles. The van der Waals surface area contributed by atoms with Crippen LogP contribution in [0.2, 0.25) is 5.02 Å². The van der Waals surface area contributed by atoms with Crippen molar-refractivity contribution in [3.05, 3.63) is 70.7 Å². The number of nitrogens with zero attached hydrogens (tertiary/aromatic N) is 6. The summed E-state index contributed by atoms with van der Waals surface area (Å²) in [5, 5.41) is 8.90. The first kappa shape index (κ1) is 22.5. The van der Waals surface area contributed by atoms with Crippen molar-refractivity contribution < 1.29 is 4.79 Å². The molecule has 0 atom stereocenters. The SMILES string of the molecule is Cc1nc(-c2ccccc2Cl)sc1CNC(=O)C1CCN(c2cc(-n3cccn3)ncn2)CC1. The zero-order chi connectivity index (χ0) is 23.5. The molecule has 34 heavy (non-hydrogen) atoms. The molecule has 0 aliphatic carbocycles. The second kappa shape index (κ2) is 9.90. The normalized spacial score (nSPS) is 14.4. The summed E-state index contributed by atoms with van der Waals surface area (Å²) < 4.78 is 1.71. The molecule has 10 heteroatoms. The lowest BCUT2D eigenvalue weighted by molar-refractivity contribution is -0.125. The van der Waals surface area contributed by atoms with Crippen molar-refractivity contribution in [3.63, 3.8) is 0 Å². The summed E-state index contributed by atoms with van der Waals surface area (Å²) in [5.74, 6) is 1.66. The Balaban J connectivity index is 1.17. The molecular weight excluding hydrogens is 470 g/mol. The fraction of sp³-hybridized carbons (Fsp3) is 0.292. The summed E-state index contributed by atoms with van der Waals surface area (Å²) in [6, 6.07) is 11.5. The van der Waals surface area contributed by atoms with Crippen molar-refractivity contribution in [1.29, 1.82) is 0 Å². The van der Waals surface area contributed by atoms with E-state index in [1.54, 1.807) is 28.5 Å². The van der Waals surface area contributed by atoms with Gasteiger partial charge in [-0.1, -0.05) is 29.8 Å². The summed E-state index contributed by atoms with van der Waals surface area (Å²) in [7, 11) is 0. The molecular formula is C24H24ClN7OS. The van der Waals surface area contributed by atoms with E-state index in [0.29, 0.717) is 11.6 Å². The topological polar surface area (TPSA) is 88.8 Å². The van der Waals surface area contributed by atoms with Gasteiger partial charge in [-0.15, -0.1) is 11.3 Å². The van der Waals surface area contributed by atoms with Crippen LogP contribution in [0, 0.1) is 12.8 Å². The van der Waals surface area contributed by atoms with Gasteiger partial charge in [-0.25, -0.2) is 19.6 Å². The van der Waals surface area contributed by atoms with Gasteiger partial charge in [0.25, 0.3) is 0 Å². The van der Waals surface area contributed by atoms with E-state index in [1.807, 2.05) is 49.5 Å². The third-order valence-electron chi connectivity index (χ3n) is 5.99. The Bertz CT molecular complexity index is 1280. The first-order valence-electron chi connectivity index (χ1n) is 11.1. The van der Waals surface area contributed by atoms with E-state index in [1.165, 1.54) is 0 Å². The molecule has 0 unspecified atom stereocenters. The minimum Gasteiger partial charge on any atom is -0.356 e. The number of anilines is 1. The molecule has 0 bridgehead atoms. The Hall–Kier alpha value is -3.30. The molecule has 3 aromatic heterocycles. The second-order valence-corrected chi connectivity index (χ2v) is 9.66. The van der Waals surface area contributed by atoms with Gasteiger partial charge < -0.3 is 10.2 Å². The number of rotatable bonds is 6. The molecule has 1 amide bonds. The standard InChI is InChI=1S/C24H24ClN7OS/c1-16-20(34-24(30-16)18-5-2-3-6-19(18)25)14-26-23(33)17-7-11-31(12-8-17)21-13-22(28-15-27-21)32-10-4-9-29-32/h2-6,9-10,13,15,17H,7-8,11-12,14H2,1H3,(H,26,33). The quantitative estimate of drug-likeness (QED) is 0.431. The smallest absolute Gasteiger partial charge is 0.223 e. The van der Waals surface area contributed by atoms with Crippen LogP contribution < -0.4 is 10.2 Å². The number of carbonyl (C=O) groups excluding carboxylic acids is 1. The molecule has 5 rings (SSSR count). The average molecular weight is 494 g/mol. The number of piperidine rings is 1. The highest BCUT2D eigenvalue weighted by molar-refractivity contribution is 7.15. The van der Waals surface area contributed by atoms with Crippen molar-refractivity contribution in [2.24, 2.45) is 5.92 Å². The number of thiazole rings is 1. The van der Waals surface area contributed by atoms with E-state index in [-0.39, 0.29) is 11.8 Å². The van der Waals surface area contributed by atoms with Gasteiger partial charge >= 0.3 is 0 Å². The number of benzene rings is 1. The number of aryl methyl sites for hydroxylation is 1. The monoisotopic (exact) mass is 493 g/mol. The van der Waals surface area contributed by atoms with Gasteiger partial charge in [-0.2, -0.15) is 5.10 Å². The molecule has 4 aromatic rings. The van der Waals surface area contributed by atoms with Gasteiger partial charge in [0.15, 0.2) is 5.82 Å². The van der Waals surface area contributed by atoms with Crippen LogP contribution in [0.25, 0.3) is 16.4 Å². The minimum absolute atomic E-state index is 0.0139. The summed E-state index contributed by atoms with van der Waals surface area (Å²) >= 11 is 7.89. The highest BCUT2D eigenvalue weighted by atomic mass is 35.5. The van der Waals surface area contributed by atoms with E-state index in [9.17, 15) is 4.79 Å². The molecule has 1 saturated heterocycles. The lowest BCUT2D eigenvalue weighted by Crippen LogP contribution is -2.40. The summed E-state index contributed by atoms with van der Waals surface area (Å²) in [5.41, 5.74) is 1.84. The zero-order valence-electron chi connectivity index (χ0n) is 18.7. The van der Waals surface area contributed by atoms with E-state index in [0.717, 1.165) is 58.7 Å². The third-order valence-corrected chi connectivity index (χ3v) is 7.51. The Labute approximate surface area is 206 Å². The zero-order valence-corrected chi connectivity index (χ0v) is 20.3. The summed E-state index contributed by atoms with van der Waals surface area (Å²) in [6.07, 6.45) is 6.68. The molecule has 1 aromatic carbocycles. The van der Waals surface area contributed by atoms with E-state index in [2.05, 4.69) is 30.3 Å². The Morgan fingerprint density at radius 1 is 1.18 bits per heavy atom. The Morgan fingerprint density at radius 3 is 2.74 bits per heavy atom. The average Bonchev–Trinajstić information content (AvgIpc) is 3.53. The number of hydrogen-bond acceptors (Lipinski definition) is 7. The predicted molar refractivity (Wildman–Crippen MR) is 133 cm³/mol. The third kappa shape index (κ3) is 4.80. The van der Waals surface area contributed by atoms with Crippen LogP contribution in [-0.2, 0) is 11.3 Å². The van der Waals surface area contributed by atoms with Crippen LogP contribution >= 0.6 is 22.9 Å². The molecule has 0 spiro atoms. The minimum atomic E-state index is -0.0139. The van der Waals surface area contributed by atoms with E-state index >= 15 is 0 Å². The Kier molecular flexibility index (Phi) is 6.55. The highest BCUT2D eigenvalue weighted by Gasteiger charge is 2.26. The van der Waals surface area contributed by atoms with Gasteiger partial charge in [-0.05, 0) is 31.9 Å². The number of carbonyl (C=O) groups is 1. The van der Waals surface area contributed by atoms with Crippen LogP contribution in [0.15, 0.2) is 55.1 Å².